The van der Waals surface area contributed by atoms with Crippen LogP contribution in [0.25, 0.3) is 0 Å². The SMILES string of the molecule is O=C(C1CNC1)N1CCN(CCc2ccccc2)CC1. The molecule has 0 aromatic heterocycles. The summed E-state index contributed by atoms with van der Waals surface area (Å²) in [6.45, 7) is 6.64. The summed E-state index contributed by atoms with van der Waals surface area (Å²) < 4.78 is 0. The molecule has 2 saturated heterocycles. The summed E-state index contributed by atoms with van der Waals surface area (Å²) >= 11 is 0. The van der Waals surface area contributed by atoms with Gasteiger partial charge in [0, 0.05) is 45.8 Å². The van der Waals surface area contributed by atoms with Crippen molar-refractivity contribution in [3.63, 3.8) is 0 Å². The highest BCUT2D eigenvalue weighted by atomic mass is 16.2. The van der Waals surface area contributed by atoms with Crippen LogP contribution in [0, 0.1) is 5.92 Å². The van der Waals surface area contributed by atoms with E-state index in [9.17, 15) is 4.79 Å². The fraction of sp³-hybridized carbons (Fsp3) is 0.562. The summed E-state index contributed by atoms with van der Waals surface area (Å²) in [6.07, 6.45) is 1.10. The van der Waals surface area contributed by atoms with Gasteiger partial charge < -0.3 is 10.2 Å². The fourth-order valence-corrected chi connectivity index (χ4v) is 2.85. The van der Waals surface area contributed by atoms with Crippen molar-refractivity contribution in [3.8, 4) is 0 Å². The van der Waals surface area contributed by atoms with Gasteiger partial charge in [0.15, 0.2) is 0 Å². The maximum Gasteiger partial charge on any atom is 0.228 e. The molecule has 0 atom stereocenters. The molecule has 20 heavy (non-hydrogen) atoms. The van der Waals surface area contributed by atoms with E-state index < -0.39 is 0 Å². The minimum atomic E-state index is 0.242. The molecule has 0 unspecified atom stereocenters. The van der Waals surface area contributed by atoms with Gasteiger partial charge in [0.2, 0.25) is 5.91 Å². The van der Waals surface area contributed by atoms with Crippen LogP contribution in [0.4, 0.5) is 0 Å². The molecule has 1 aromatic carbocycles. The second-order valence-corrected chi connectivity index (χ2v) is 5.76. The molecule has 4 nitrogen and oxygen atoms in total. The summed E-state index contributed by atoms with van der Waals surface area (Å²) in [5, 5.41) is 3.17. The number of carbonyl (C=O) groups excluding carboxylic acids is 1. The standard InChI is InChI=1S/C16H23N3O/c20-16(15-12-17-13-15)19-10-8-18(9-11-19)7-6-14-4-2-1-3-5-14/h1-5,15,17H,6-13H2. The molecule has 1 amide bonds. The molecule has 2 heterocycles. The number of nitrogens with zero attached hydrogens (tertiary/aromatic N) is 2. The molecule has 2 fully saturated rings. The first-order valence-electron chi connectivity index (χ1n) is 7.59. The normalized spacial score (nSPS) is 20.7. The molecule has 0 spiro atoms. The van der Waals surface area contributed by atoms with Crippen molar-refractivity contribution in [2.24, 2.45) is 5.92 Å². The molecule has 108 valence electrons. The minimum Gasteiger partial charge on any atom is -0.340 e. The lowest BCUT2D eigenvalue weighted by atomic mass is 10.0. The third-order valence-corrected chi connectivity index (χ3v) is 4.37. The largest absolute Gasteiger partial charge is 0.340 e. The van der Waals surface area contributed by atoms with Crippen LogP contribution in [0.1, 0.15) is 5.56 Å². The summed E-state index contributed by atoms with van der Waals surface area (Å²) in [4.78, 5) is 16.6. The monoisotopic (exact) mass is 273 g/mol. The van der Waals surface area contributed by atoms with Gasteiger partial charge in [0.25, 0.3) is 0 Å². The van der Waals surface area contributed by atoms with Gasteiger partial charge in [-0.2, -0.15) is 0 Å². The molecule has 3 rings (SSSR count). The molecule has 0 saturated carbocycles. The van der Waals surface area contributed by atoms with Crippen LogP contribution in [0.5, 0.6) is 0 Å². The van der Waals surface area contributed by atoms with Crippen molar-refractivity contribution in [2.45, 2.75) is 6.42 Å². The number of benzene rings is 1. The highest BCUT2D eigenvalue weighted by molar-refractivity contribution is 5.80. The Kier molecular flexibility index (Phi) is 4.33. The third kappa shape index (κ3) is 3.19. The van der Waals surface area contributed by atoms with Crippen molar-refractivity contribution in [1.82, 2.24) is 15.1 Å². The van der Waals surface area contributed by atoms with E-state index >= 15 is 0 Å². The Bertz CT molecular complexity index is 436. The lowest BCUT2D eigenvalue weighted by Crippen LogP contribution is -2.56. The molecule has 4 heteroatoms. The second-order valence-electron chi connectivity index (χ2n) is 5.76. The minimum absolute atomic E-state index is 0.242. The Morgan fingerprint density at radius 1 is 1.10 bits per heavy atom. The van der Waals surface area contributed by atoms with Gasteiger partial charge in [-0.25, -0.2) is 0 Å². The van der Waals surface area contributed by atoms with E-state index in [-0.39, 0.29) is 5.92 Å². The quantitative estimate of drug-likeness (QED) is 0.872. The van der Waals surface area contributed by atoms with E-state index in [1.165, 1.54) is 5.56 Å². The Morgan fingerprint density at radius 3 is 2.40 bits per heavy atom. The van der Waals surface area contributed by atoms with Gasteiger partial charge in [-0.3, -0.25) is 9.69 Å². The van der Waals surface area contributed by atoms with Crippen LogP contribution in [-0.4, -0.2) is 61.5 Å². The molecule has 2 aliphatic heterocycles. The zero-order chi connectivity index (χ0) is 13.8. The number of amides is 1. The molecule has 0 radical (unpaired) electrons. The average molecular weight is 273 g/mol. The highest BCUT2D eigenvalue weighted by Crippen LogP contribution is 2.11. The molecule has 0 aliphatic carbocycles. The van der Waals surface area contributed by atoms with E-state index in [1.807, 2.05) is 4.90 Å². The van der Waals surface area contributed by atoms with Crippen molar-refractivity contribution in [1.29, 1.82) is 0 Å². The first kappa shape index (κ1) is 13.6. The predicted octanol–water partition coefficient (Wildman–Crippen LogP) is 0.593. The maximum atomic E-state index is 12.1. The highest BCUT2D eigenvalue weighted by Gasteiger charge is 2.30. The van der Waals surface area contributed by atoms with Crippen LogP contribution in [0.2, 0.25) is 0 Å². The lowest BCUT2D eigenvalue weighted by molar-refractivity contribution is -0.138. The van der Waals surface area contributed by atoms with E-state index in [0.29, 0.717) is 5.91 Å². The Hall–Kier alpha value is -1.39. The van der Waals surface area contributed by atoms with Crippen LogP contribution in [0.3, 0.4) is 0 Å². The summed E-state index contributed by atoms with van der Waals surface area (Å²) in [5.74, 6) is 0.595. The van der Waals surface area contributed by atoms with E-state index in [2.05, 4.69) is 40.5 Å². The molecule has 1 N–H and O–H groups in total. The van der Waals surface area contributed by atoms with Crippen molar-refractivity contribution in [2.75, 3.05) is 45.8 Å². The number of carbonyl (C=O) groups is 1. The number of piperazine rings is 1. The molecular formula is C16H23N3O. The first-order chi connectivity index (χ1) is 9.83. The van der Waals surface area contributed by atoms with Gasteiger partial charge in [0.1, 0.15) is 0 Å². The summed E-state index contributed by atoms with van der Waals surface area (Å²) in [6, 6.07) is 10.6. The Labute approximate surface area is 120 Å². The van der Waals surface area contributed by atoms with Crippen LogP contribution < -0.4 is 5.32 Å². The van der Waals surface area contributed by atoms with Gasteiger partial charge >= 0.3 is 0 Å². The number of hydrogen-bond acceptors (Lipinski definition) is 3. The predicted molar refractivity (Wildman–Crippen MR) is 79.5 cm³/mol. The van der Waals surface area contributed by atoms with E-state index in [1.54, 1.807) is 0 Å². The van der Waals surface area contributed by atoms with Gasteiger partial charge in [-0.1, -0.05) is 30.3 Å². The lowest BCUT2D eigenvalue weighted by Gasteiger charge is -2.38. The zero-order valence-corrected chi connectivity index (χ0v) is 11.9. The van der Waals surface area contributed by atoms with E-state index in [4.69, 9.17) is 0 Å². The topological polar surface area (TPSA) is 35.6 Å². The van der Waals surface area contributed by atoms with E-state index in [0.717, 1.165) is 52.2 Å². The first-order valence-corrected chi connectivity index (χ1v) is 7.59. The van der Waals surface area contributed by atoms with Gasteiger partial charge in [0.05, 0.1) is 5.92 Å². The zero-order valence-electron chi connectivity index (χ0n) is 11.9. The third-order valence-electron chi connectivity index (χ3n) is 4.37. The summed E-state index contributed by atoms with van der Waals surface area (Å²) in [5.41, 5.74) is 1.39. The second kappa shape index (κ2) is 6.37. The van der Waals surface area contributed by atoms with Crippen molar-refractivity contribution >= 4 is 5.91 Å². The van der Waals surface area contributed by atoms with Gasteiger partial charge in [-0.05, 0) is 12.0 Å². The molecule has 1 aromatic rings. The number of hydrogen-bond donors (Lipinski definition) is 1. The number of nitrogens with one attached hydrogen (secondary N) is 1. The Balaban J connectivity index is 1.41. The van der Waals surface area contributed by atoms with Crippen LogP contribution >= 0.6 is 0 Å². The van der Waals surface area contributed by atoms with Crippen LogP contribution in [0.15, 0.2) is 30.3 Å². The summed E-state index contributed by atoms with van der Waals surface area (Å²) in [7, 11) is 0. The maximum absolute atomic E-state index is 12.1. The van der Waals surface area contributed by atoms with Crippen molar-refractivity contribution < 1.29 is 4.79 Å². The molecule has 0 bridgehead atoms. The van der Waals surface area contributed by atoms with Crippen molar-refractivity contribution in [3.05, 3.63) is 35.9 Å². The van der Waals surface area contributed by atoms with Gasteiger partial charge in [-0.15, -0.1) is 0 Å². The average Bonchev–Trinajstić information content (AvgIpc) is 2.45. The molecular weight excluding hydrogens is 250 g/mol. The molecule has 2 aliphatic rings. The fourth-order valence-electron chi connectivity index (χ4n) is 2.85. The Morgan fingerprint density at radius 2 is 1.80 bits per heavy atom. The smallest absolute Gasteiger partial charge is 0.228 e. The van der Waals surface area contributed by atoms with Crippen LogP contribution in [-0.2, 0) is 11.2 Å². The number of rotatable bonds is 4.